The molecule has 1 saturated heterocycles. The van der Waals surface area contributed by atoms with Crippen LogP contribution in [-0.2, 0) is 32.6 Å². The van der Waals surface area contributed by atoms with Crippen LogP contribution < -0.4 is 4.74 Å². The molecule has 194 valence electrons. The average molecular weight is 510 g/mol. The summed E-state index contributed by atoms with van der Waals surface area (Å²) in [5.74, 6) is -0.854. The van der Waals surface area contributed by atoms with Gasteiger partial charge < -0.3 is 14.6 Å². The quantitative estimate of drug-likeness (QED) is 0.594. The number of benzene rings is 2. The lowest BCUT2D eigenvalue weighted by Gasteiger charge is -2.63. The van der Waals surface area contributed by atoms with E-state index < -0.39 is 34.7 Å². The summed E-state index contributed by atoms with van der Waals surface area (Å²) in [5.41, 5.74) is 0.279. The first kappa shape index (κ1) is 23.1. The van der Waals surface area contributed by atoms with Gasteiger partial charge in [-0.05, 0) is 74.2 Å². The molecule has 1 N–H and O–H groups in total. The van der Waals surface area contributed by atoms with Gasteiger partial charge in [0.1, 0.15) is 17.2 Å². The molecule has 5 aliphatic rings. The van der Waals surface area contributed by atoms with Gasteiger partial charge in [0, 0.05) is 31.0 Å². The SMILES string of the molecule is O=C(CCc1ccc(F)cc1F)O[C@@]12CCC(=O)[C@@H]3Oc4c(O)ccc5c4[C@@]31CCN(CC1CC1)C2C5. The maximum atomic E-state index is 14.2. The van der Waals surface area contributed by atoms with E-state index in [1.54, 1.807) is 6.07 Å². The van der Waals surface area contributed by atoms with Gasteiger partial charge in [-0.2, -0.15) is 0 Å². The van der Waals surface area contributed by atoms with Crippen molar-refractivity contribution in [3.05, 3.63) is 58.7 Å². The Labute approximate surface area is 213 Å². The fourth-order valence-corrected chi connectivity index (χ4v) is 7.66. The molecule has 6 nitrogen and oxygen atoms in total. The lowest BCUT2D eigenvalue weighted by atomic mass is 9.48. The highest BCUT2D eigenvalue weighted by Gasteiger charge is 2.75. The molecule has 7 rings (SSSR count). The molecule has 4 atom stereocenters. The number of ketones is 1. The minimum absolute atomic E-state index is 0.00111. The summed E-state index contributed by atoms with van der Waals surface area (Å²) in [6.45, 7) is 1.70. The Morgan fingerprint density at radius 3 is 2.81 bits per heavy atom. The first-order valence-corrected chi connectivity index (χ1v) is 13.3. The van der Waals surface area contributed by atoms with E-state index in [4.69, 9.17) is 9.47 Å². The number of likely N-dealkylation sites (tertiary alicyclic amines) is 1. The molecule has 2 aliphatic heterocycles. The summed E-state index contributed by atoms with van der Waals surface area (Å²) in [6, 6.07) is 6.78. The number of Topliss-reactive ketones (excluding diaryl/α,β-unsaturated/α-hetero) is 1. The number of aromatic hydroxyl groups is 1. The van der Waals surface area contributed by atoms with E-state index >= 15 is 0 Å². The molecule has 0 amide bonds. The van der Waals surface area contributed by atoms with Crippen molar-refractivity contribution >= 4 is 11.8 Å². The Hall–Kier alpha value is -3.00. The van der Waals surface area contributed by atoms with Crippen LogP contribution in [0.4, 0.5) is 8.78 Å². The van der Waals surface area contributed by atoms with Gasteiger partial charge in [0.25, 0.3) is 0 Å². The number of rotatable bonds is 6. The van der Waals surface area contributed by atoms with Gasteiger partial charge in [0.2, 0.25) is 0 Å². The van der Waals surface area contributed by atoms with E-state index in [-0.39, 0.29) is 42.4 Å². The maximum Gasteiger partial charge on any atom is 0.306 e. The second-order valence-electron chi connectivity index (χ2n) is 11.4. The Kier molecular flexibility index (Phi) is 5.00. The molecule has 2 bridgehead atoms. The zero-order valence-corrected chi connectivity index (χ0v) is 20.5. The minimum atomic E-state index is -0.983. The number of nitrogens with zero attached hydrogens (tertiary/aromatic N) is 1. The molecule has 1 spiro atoms. The second kappa shape index (κ2) is 8.00. The molecular weight excluding hydrogens is 480 g/mol. The topological polar surface area (TPSA) is 76.1 Å². The number of halogens is 2. The summed E-state index contributed by atoms with van der Waals surface area (Å²) in [6.07, 6.45) is 3.47. The van der Waals surface area contributed by atoms with Crippen LogP contribution in [-0.4, -0.2) is 52.6 Å². The van der Waals surface area contributed by atoms with Crippen molar-refractivity contribution in [3.8, 4) is 11.5 Å². The molecule has 2 saturated carbocycles. The van der Waals surface area contributed by atoms with Crippen molar-refractivity contribution in [3.63, 3.8) is 0 Å². The van der Waals surface area contributed by atoms with Crippen LogP contribution in [0.1, 0.15) is 55.2 Å². The van der Waals surface area contributed by atoms with Gasteiger partial charge in [-0.25, -0.2) is 8.78 Å². The zero-order valence-electron chi connectivity index (χ0n) is 20.5. The van der Waals surface area contributed by atoms with Crippen LogP contribution in [0.2, 0.25) is 0 Å². The van der Waals surface area contributed by atoms with Crippen molar-refractivity contribution in [2.75, 3.05) is 13.1 Å². The van der Waals surface area contributed by atoms with Crippen molar-refractivity contribution in [2.45, 2.75) is 74.5 Å². The Bertz CT molecular complexity index is 1330. The number of esters is 1. The number of ether oxygens (including phenoxy) is 2. The number of aryl methyl sites for hydroxylation is 1. The van der Waals surface area contributed by atoms with Crippen LogP contribution in [0.5, 0.6) is 11.5 Å². The second-order valence-corrected chi connectivity index (χ2v) is 11.4. The Morgan fingerprint density at radius 2 is 2.03 bits per heavy atom. The van der Waals surface area contributed by atoms with Crippen LogP contribution in [0.25, 0.3) is 0 Å². The lowest BCUT2D eigenvalue weighted by Crippen LogP contribution is -2.77. The molecule has 2 aromatic carbocycles. The predicted octanol–water partition coefficient (Wildman–Crippen LogP) is 3.99. The fourth-order valence-electron chi connectivity index (χ4n) is 7.66. The number of carbonyl (C=O) groups excluding carboxylic acids is 2. The maximum absolute atomic E-state index is 14.2. The third kappa shape index (κ3) is 3.24. The first-order chi connectivity index (χ1) is 17.8. The molecule has 1 unspecified atom stereocenters. The summed E-state index contributed by atoms with van der Waals surface area (Å²) < 4.78 is 40.3. The van der Waals surface area contributed by atoms with E-state index in [9.17, 15) is 23.5 Å². The van der Waals surface area contributed by atoms with Crippen molar-refractivity contribution in [1.29, 1.82) is 0 Å². The zero-order chi connectivity index (χ0) is 25.5. The molecule has 3 aliphatic carbocycles. The number of piperidine rings is 1. The molecular formula is C29H29F2NO5. The molecule has 0 aromatic heterocycles. The highest BCUT2D eigenvalue weighted by Crippen LogP contribution is 2.66. The number of phenolic OH excluding ortho intramolecular Hbond substituents is 1. The molecule has 8 heteroatoms. The van der Waals surface area contributed by atoms with Crippen LogP contribution in [0.3, 0.4) is 0 Å². The highest BCUT2D eigenvalue weighted by molar-refractivity contribution is 5.90. The van der Waals surface area contributed by atoms with Gasteiger partial charge in [0.15, 0.2) is 23.4 Å². The average Bonchev–Trinajstić information content (AvgIpc) is 3.60. The molecule has 37 heavy (non-hydrogen) atoms. The monoisotopic (exact) mass is 509 g/mol. The van der Waals surface area contributed by atoms with E-state index in [0.717, 1.165) is 30.3 Å². The normalized spacial score (nSPS) is 31.6. The van der Waals surface area contributed by atoms with Gasteiger partial charge in [-0.1, -0.05) is 12.1 Å². The third-order valence-corrected chi connectivity index (χ3v) is 9.43. The summed E-state index contributed by atoms with van der Waals surface area (Å²) in [4.78, 5) is 29.2. The molecule has 2 aromatic rings. The summed E-state index contributed by atoms with van der Waals surface area (Å²) in [7, 11) is 0. The number of hydrogen-bond acceptors (Lipinski definition) is 6. The van der Waals surface area contributed by atoms with Crippen LogP contribution >= 0.6 is 0 Å². The molecule has 0 radical (unpaired) electrons. The van der Waals surface area contributed by atoms with Gasteiger partial charge in [0.05, 0.1) is 11.5 Å². The van der Waals surface area contributed by atoms with Crippen LogP contribution in [0, 0.1) is 17.6 Å². The van der Waals surface area contributed by atoms with Gasteiger partial charge >= 0.3 is 5.97 Å². The number of phenols is 1. The van der Waals surface area contributed by atoms with Gasteiger partial charge in [-0.3, -0.25) is 14.5 Å². The highest BCUT2D eigenvalue weighted by atomic mass is 19.1. The minimum Gasteiger partial charge on any atom is -0.504 e. The smallest absolute Gasteiger partial charge is 0.306 e. The lowest BCUT2D eigenvalue weighted by molar-refractivity contribution is -0.216. The van der Waals surface area contributed by atoms with Gasteiger partial charge in [-0.15, -0.1) is 0 Å². The molecule has 2 heterocycles. The van der Waals surface area contributed by atoms with Crippen molar-refractivity contribution in [1.82, 2.24) is 4.90 Å². The Morgan fingerprint density at radius 1 is 1.19 bits per heavy atom. The summed E-state index contributed by atoms with van der Waals surface area (Å²) in [5, 5.41) is 10.7. The summed E-state index contributed by atoms with van der Waals surface area (Å²) >= 11 is 0. The van der Waals surface area contributed by atoms with Crippen molar-refractivity contribution < 1.29 is 33.0 Å². The van der Waals surface area contributed by atoms with Crippen LogP contribution in [0.15, 0.2) is 30.3 Å². The Balaban J connectivity index is 1.28. The fraction of sp³-hybridized carbons (Fsp3) is 0.517. The van der Waals surface area contributed by atoms with E-state index in [2.05, 4.69) is 4.90 Å². The number of hydrogen-bond donors (Lipinski definition) is 1. The molecule has 3 fully saturated rings. The largest absolute Gasteiger partial charge is 0.504 e. The predicted molar refractivity (Wildman–Crippen MR) is 128 cm³/mol. The first-order valence-electron chi connectivity index (χ1n) is 13.3. The van der Waals surface area contributed by atoms with E-state index in [0.29, 0.717) is 30.9 Å². The van der Waals surface area contributed by atoms with Crippen molar-refractivity contribution in [2.24, 2.45) is 5.92 Å². The standard InChI is InChI=1S/C29H29F2NO5/c30-19-6-3-17(20(31)14-19)5-8-24(35)37-29-10-9-22(34)27-28(29)11-12-32(15-16-1-2-16)23(29)13-18-4-7-21(33)26(36-27)25(18)28/h3-4,6-7,14,16,23,27,33H,1-2,5,8-13,15H2/t23?,27-,28-,29+/m0/s1. The number of carbonyl (C=O) groups is 2. The van der Waals surface area contributed by atoms with E-state index in [1.165, 1.54) is 25.0 Å². The third-order valence-electron chi connectivity index (χ3n) is 9.43. The van der Waals surface area contributed by atoms with E-state index in [1.807, 2.05) is 6.07 Å².